The van der Waals surface area contributed by atoms with Crippen molar-refractivity contribution >= 4 is 5.91 Å². The standard InChI is InChI=1S/C9H20N2O2/c1-4-7(6-12)11-8(13)5-9(2,3)10/h7,12H,4-6,10H2,1-3H3,(H,11,13). The minimum Gasteiger partial charge on any atom is -0.394 e. The Morgan fingerprint density at radius 1 is 1.62 bits per heavy atom. The molecule has 0 aromatic carbocycles. The van der Waals surface area contributed by atoms with Gasteiger partial charge in [0, 0.05) is 12.0 Å². The minimum absolute atomic E-state index is 0.0206. The number of aliphatic hydroxyl groups excluding tert-OH is 1. The molecule has 4 N–H and O–H groups in total. The summed E-state index contributed by atoms with van der Waals surface area (Å²) in [6.07, 6.45) is 1.01. The van der Waals surface area contributed by atoms with E-state index in [9.17, 15) is 4.79 Å². The number of rotatable bonds is 5. The van der Waals surface area contributed by atoms with Gasteiger partial charge in [0.05, 0.1) is 12.6 Å². The predicted octanol–water partition coefficient (Wildman–Crippen LogP) is 0.000900. The maximum Gasteiger partial charge on any atom is 0.222 e. The zero-order valence-corrected chi connectivity index (χ0v) is 8.63. The number of hydrogen-bond acceptors (Lipinski definition) is 3. The Morgan fingerprint density at radius 3 is 2.46 bits per heavy atom. The highest BCUT2D eigenvalue weighted by Crippen LogP contribution is 2.03. The Morgan fingerprint density at radius 2 is 2.15 bits per heavy atom. The molecule has 0 bridgehead atoms. The van der Waals surface area contributed by atoms with Crippen molar-refractivity contribution in [3.05, 3.63) is 0 Å². The molecule has 0 saturated heterocycles. The van der Waals surface area contributed by atoms with Crippen molar-refractivity contribution in [2.75, 3.05) is 6.61 Å². The third-order valence-corrected chi connectivity index (χ3v) is 1.69. The summed E-state index contributed by atoms with van der Waals surface area (Å²) in [6.45, 7) is 5.49. The van der Waals surface area contributed by atoms with Crippen LogP contribution in [0.1, 0.15) is 33.6 Å². The molecule has 0 aliphatic carbocycles. The Balaban J connectivity index is 3.86. The lowest BCUT2D eigenvalue weighted by atomic mass is 10.0. The number of carbonyl (C=O) groups excluding carboxylic acids is 1. The van der Waals surface area contributed by atoms with Gasteiger partial charge in [0.2, 0.25) is 5.91 Å². The number of nitrogens with two attached hydrogens (primary N) is 1. The fraction of sp³-hybridized carbons (Fsp3) is 0.889. The lowest BCUT2D eigenvalue weighted by molar-refractivity contribution is -0.123. The van der Waals surface area contributed by atoms with Gasteiger partial charge in [0.15, 0.2) is 0 Å². The summed E-state index contributed by atoms with van der Waals surface area (Å²) in [5, 5.41) is 11.5. The van der Waals surface area contributed by atoms with Gasteiger partial charge < -0.3 is 16.2 Å². The molecule has 0 fully saturated rings. The molecule has 4 heteroatoms. The third kappa shape index (κ3) is 6.54. The summed E-state index contributed by atoms with van der Waals surface area (Å²) in [5.41, 5.74) is 5.18. The first kappa shape index (κ1) is 12.4. The van der Waals surface area contributed by atoms with Crippen LogP contribution in [0.25, 0.3) is 0 Å². The van der Waals surface area contributed by atoms with Gasteiger partial charge in [-0.05, 0) is 20.3 Å². The quantitative estimate of drug-likeness (QED) is 0.568. The summed E-state index contributed by atoms with van der Waals surface area (Å²) >= 11 is 0. The van der Waals surface area contributed by atoms with Crippen LogP contribution in [-0.4, -0.2) is 29.2 Å². The maximum atomic E-state index is 11.3. The van der Waals surface area contributed by atoms with Crippen LogP contribution in [0.2, 0.25) is 0 Å². The topological polar surface area (TPSA) is 75.3 Å². The van der Waals surface area contributed by atoms with E-state index in [4.69, 9.17) is 10.8 Å². The zero-order chi connectivity index (χ0) is 10.5. The summed E-state index contributed by atoms with van der Waals surface area (Å²) in [7, 11) is 0. The highest BCUT2D eigenvalue weighted by Gasteiger charge is 2.17. The monoisotopic (exact) mass is 188 g/mol. The van der Waals surface area contributed by atoms with Crippen LogP contribution >= 0.6 is 0 Å². The molecule has 0 radical (unpaired) electrons. The van der Waals surface area contributed by atoms with Crippen LogP contribution in [0.5, 0.6) is 0 Å². The molecule has 0 heterocycles. The predicted molar refractivity (Wildman–Crippen MR) is 52.2 cm³/mol. The highest BCUT2D eigenvalue weighted by atomic mass is 16.3. The number of hydrogen-bond donors (Lipinski definition) is 3. The summed E-state index contributed by atoms with van der Waals surface area (Å²) in [6, 6.07) is -0.144. The molecule has 78 valence electrons. The van der Waals surface area contributed by atoms with E-state index in [-0.39, 0.29) is 25.0 Å². The fourth-order valence-electron chi connectivity index (χ4n) is 0.969. The maximum absolute atomic E-state index is 11.3. The molecule has 0 aliphatic rings. The fourth-order valence-corrected chi connectivity index (χ4v) is 0.969. The zero-order valence-electron chi connectivity index (χ0n) is 8.63. The molecule has 1 atom stereocenters. The molecular formula is C9H20N2O2. The van der Waals surface area contributed by atoms with Crippen LogP contribution < -0.4 is 11.1 Å². The Labute approximate surface area is 79.5 Å². The summed E-state index contributed by atoms with van der Waals surface area (Å²) in [4.78, 5) is 11.3. The molecule has 0 spiro atoms. The van der Waals surface area contributed by atoms with Crippen molar-refractivity contribution in [3.63, 3.8) is 0 Å². The largest absolute Gasteiger partial charge is 0.394 e. The van der Waals surface area contributed by atoms with Crippen LogP contribution in [0, 0.1) is 0 Å². The normalized spacial score (nSPS) is 13.9. The molecule has 0 aromatic heterocycles. The van der Waals surface area contributed by atoms with E-state index in [1.165, 1.54) is 0 Å². The Bertz CT molecular complexity index is 159. The number of nitrogens with one attached hydrogen (secondary N) is 1. The molecule has 1 unspecified atom stereocenters. The molecule has 13 heavy (non-hydrogen) atoms. The van der Waals surface area contributed by atoms with Crippen molar-refractivity contribution in [1.29, 1.82) is 0 Å². The molecule has 1 amide bonds. The SMILES string of the molecule is CCC(CO)NC(=O)CC(C)(C)N. The van der Waals surface area contributed by atoms with Crippen molar-refractivity contribution in [3.8, 4) is 0 Å². The average Bonchev–Trinajstić information content (AvgIpc) is 1.96. The van der Waals surface area contributed by atoms with Crippen molar-refractivity contribution in [2.24, 2.45) is 5.73 Å². The minimum atomic E-state index is -0.488. The van der Waals surface area contributed by atoms with E-state index >= 15 is 0 Å². The first-order valence-electron chi connectivity index (χ1n) is 4.58. The van der Waals surface area contributed by atoms with Crippen molar-refractivity contribution < 1.29 is 9.90 Å². The molecule has 0 rings (SSSR count). The summed E-state index contributed by atoms with van der Waals surface area (Å²) in [5.74, 6) is -0.103. The van der Waals surface area contributed by atoms with E-state index in [1.54, 1.807) is 13.8 Å². The number of aliphatic hydroxyl groups is 1. The van der Waals surface area contributed by atoms with Crippen LogP contribution in [0.15, 0.2) is 0 Å². The number of carbonyl (C=O) groups is 1. The van der Waals surface area contributed by atoms with Crippen molar-refractivity contribution in [2.45, 2.75) is 45.2 Å². The summed E-state index contributed by atoms with van der Waals surface area (Å²) < 4.78 is 0. The second-order valence-electron chi connectivity index (χ2n) is 4.02. The van der Waals surface area contributed by atoms with Crippen LogP contribution in [0.3, 0.4) is 0 Å². The van der Waals surface area contributed by atoms with Crippen LogP contribution in [-0.2, 0) is 4.79 Å². The van der Waals surface area contributed by atoms with Gasteiger partial charge in [-0.2, -0.15) is 0 Å². The van der Waals surface area contributed by atoms with Gasteiger partial charge in [-0.15, -0.1) is 0 Å². The van der Waals surface area contributed by atoms with Gasteiger partial charge in [-0.3, -0.25) is 4.79 Å². The molecule has 4 nitrogen and oxygen atoms in total. The lowest BCUT2D eigenvalue weighted by Crippen LogP contribution is -2.43. The molecule has 0 saturated carbocycles. The van der Waals surface area contributed by atoms with E-state index in [1.807, 2.05) is 6.92 Å². The van der Waals surface area contributed by atoms with Gasteiger partial charge in [-0.1, -0.05) is 6.92 Å². The van der Waals surface area contributed by atoms with E-state index in [2.05, 4.69) is 5.32 Å². The van der Waals surface area contributed by atoms with Gasteiger partial charge >= 0.3 is 0 Å². The van der Waals surface area contributed by atoms with Gasteiger partial charge in [-0.25, -0.2) is 0 Å². The Hall–Kier alpha value is -0.610. The first-order chi connectivity index (χ1) is 5.89. The lowest BCUT2D eigenvalue weighted by Gasteiger charge is -2.20. The third-order valence-electron chi connectivity index (χ3n) is 1.69. The van der Waals surface area contributed by atoms with E-state index < -0.39 is 5.54 Å². The second-order valence-corrected chi connectivity index (χ2v) is 4.02. The van der Waals surface area contributed by atoms with Crippen LogP contribution in [0.4, 0.5) is 0 Å². The highest BCUT2D eigenvalue weighted by molar-refractivity contribution is 5.77. The van der Waals surface area contributed by atoms with E-state index in [0.717, 1.165) is 6.42 Å². The molecule has 0 aromatic rings. The number of amides is 1. The van der Waals surface area contributed by atoms with Crippen molar-refractivity contribution in [1.82, 2.24) is 5.32 Å². The molecule has 0 aliphatic heterocycles. The molecular weight excluding hydrogens is 168 g/mol. The average molecular weight is 188 g/mol. The van der Waals surface area contributed by atoms with Gasteiger partial charge in [0.1, 0.15) is 0 Å². The van der Waals surface area contributed by atoms with Gasteiger partial charge in [0.25, 0.3) is 0 Å². The Kier molecular flexibility index (Phi) is 4.95. The first-order valence-corrected chi connectivity index (χ1v) is 4.58. The second kappa shape index (κ2) is 5.19. The van der Waals surface area contributed by atoms with E-state index in [0.29, 0.717) is 0 Å². The smallest absolute Gasteiger partial charge is 0.222 e.